The molecular formula is C33H37N5O4. The third kappa shape index (κ3) is 6.36. The molecule has 0 aromatic heterocycles. The Bertz CT molecular complexity index is 1470. The standard InChI is InChI=1S/C33H37N5O4/c1-20(34)31(40)37-28(17-21-8-7-12-24(16-21)30(35)39)33(42)38-19-25(22-9-3-2-4-10-22)18-29(38)32(41)36-27-15-14-23-11-5-6-13-26(23)27/h2-13,16,20,25,27-29H,14-15,17-19,34H2,1H3,(H2,35,39)(H,36,41)(H,37,40)/t20-,25-,27+,28-,29-/m0/s1. The number of rotatable bonds is 9. The Morgan fingerprint density at radius 3 is 2.45 bits per heavy atom. The zero-order chi connectivity index (χ0) is 29.8. The Morgan fingerprint density at radius 2 is 1.71 bits per heavy atom. The van der Waals surface area contributed by atoms with Gasteiger partial charge in [0.15, 0.2) is 0 Å². The van der Waals surface area contributed by atoms with Crippen molar-refractivity contribution in [2.75, 3.05) is 6.54 Å². The molecule has 3 aromatic carbocycles. The lowest BCUT2D eigenvalue weighted by Crippen LogP contribution is -2.56. The first-order valence-corrected chi connectivity index (χ1v) is 14.4. The molecule has 1 aliphatic carbocycles. The number of nitrogens with one attached hydrogen (secondary N) is 2. The molecule has 0 radical (unpaired) electrons. The van der Waals surface area contributed by atoms with E-state index in [1.54, 1.807) is 36.1 Å². The van der Waals surface area contributed by atoms with Crippen molar-refractivity contribution in [2.24, 2.45) is 11.5 Å². The van der Waals surface area contributed by atoms with E-state index in [1.807, 2.05) is 48.5 Å². The number of benzene rings is 3. The van der Waals surface area contributed by atoms with Gasteiger partial charge in [0.05, 0.1) is 12.1 Å². The van der Waals surface area contributed by atoms with E-state index in [2.05, 4.69) is 16.7 Å². The van der Waals surface area contributed by atoms with Crippen LogP contribution in [-0.4, -0.2) is 53.2 Å². The molecule has 1 heterocycles. The van der Waals surface area contributed by atoms with Crippen molar-refractivity contribution in [1.82, 2.24) is 15.5 Å². The lowest BCUT2D eigenvalue weighted by atomic mass is 9.96. The molecule has 9 nitrogen and oxygen atoms in total. The van der Waals surface area contributed by atoms with E-state index in [0.29, 0.717) is 24.1 Å². The third-order valence-electron chi connectivity index (χ3n) is 8.29. The van der Waals surface area contributed by atoms with Gasteiger partial charge in [0.1, 0.15) is 12.1 Å². The summed E-state index contributed by atoms with van der Waals surface area (Å²) in [5.74, 6) is -1.71. The number of amides is 4. The Labute approximate surface area is 245 Å². The largest absolute Gasteiger partial charge is 0.366 e. The van der Waals surface area contributed by atoms with Crippen molar-refractivity contribution < 1.29 is 19.2 Å². The summed E-state index contributed by atoms with van der Waals surface area (Å²) in [6, 6.07) is 21.9. The highest BCUT2D eigenvalue weighted by Crippen LogP contribution is 2.35. The molecule has 0 bridgehead atoms. The zero-order valence-corrected chi connectivity index (χ0v) is 23.7. The minimum Gasteiger partial charge on any atom is -0.366 e. The van der Waals surface area contributed by atoms with Crippen LogP contribution in [0.4, 0.5) is 0 Å². The molecule has 0 unspecified atom stereocenters. The average molecular weight is 568 g/mol. The number of aryl methyl sites for hydroxylation is 1. The normalized spacial score (nSPS) is 20.8. The molecule has 5 rings (SSSR count). The van der Waals surface area contributed by atoms with E-state index in [9.17, 15) is 19.2 Å². The minimum atomic E-state index is -0.997. The first kappa shape index (κ1) is 29.0. The summed E-state index contributed by atoms with van der Waals surface area (Å²) >= 11 is 0. The summed E-state index contributed by atoms with van der Waals surface area (Å²) in [4.78, 5) is 54.2. The highest BCUT2D eigenvalue weighted by Gasteiger charge is 2.43. The molecule has 1 saturated heterocycles. The monoisotopic (exact) mass is 567 g/mol. The van der Waals surface area contributed by atoms with Crippen molar-refractivity contribution in [3.8, 4) is 0 Å². The van der Waals surface area contributed by atoms with Crippen LogP contribution in [0.3, 0.4) is 0 Å². The summed E-state index contributed by atoms with van der Waals surface area (Å²) in [6.07, 6.45) is 2.25. The molecule has 9 heteroatoms. The van der Waals surface area contributed by atoms with Gasteiger partial charge in [0, 0.05) is 24.4 Å². The van der Waals surface area contributed by atoms with Gasteiger partial charge in [-0.05, 0) is 60.6 Å². The fourth-order valence-electron chi connectivity index (χ4n) is 6.06. The van der Waals surface area contributed by atoms with Crippen LogP contribution >= 0.6 is 0 Å². The summed E-state index contributed by atoms with van der Waals surface area (Å²) in [6.45, 7) is 1.87. The van der Waals surface area contributed by atoms with Gasteiger partial charge in [-0.2, -0.15) is 0 Å². The minimum absolute atomic E-state index is 0.0512. The zero-order valence-electron chi connectivity index (χ0n) is 23.7. The molecule has 5 atom stereocenters. The van der Waals surface area contributed by atoms with Gasteiger partial charge < -0.3 is 27.0 Å². The number of hydrogen-bond acceptors (Lipinski definition) is 5. The quantitative estimate of drug-likeness (QED) is 0.313. The molecule has 0 spiro atoms. The number of nitrogens with two attached hydrogens (primary N) is 2. The second-order valence-electron chi connectivity index (χ2n) is 11.3. The van der Waals surface area contributed by atoms with E-state index >= 15 is 0 Å². The maximum atomic E-state index is 14.3. The molecule has 42 heavy (non-hydrogen) atoms. The van der Waals surface area contributed by atoms with Crippen molar-refractivity contribution in [1.29, 1.82) is 0 Å². The maximum Gasteiger partial charge on any atom is 0.248 e. The highest BCUT2D eigenvalue weighted by molar-refractivity contribution is 5.94. The molecule has 0 saturated carbocycles. The molecule has 6 N–H and O–H groups in total. The van der Waals surface area contributed by atoms with E-state index in [-0.39, 0.29) is 30.2 Å². The Balaban J connectivity index is 1.43. The number of hydrogen-bond donors (Lipinski definition) is 4. The number of nitrogens with zero attached hydrogens (tertiary/aromatic N) is 1. The Kier molecular flexibility index (Phi) is 8.68. The van der Waals surface area contributed by atoms with Crippen molar-refractivity contribution in [3.05, 3.63) is 107 Å². The summed E-state index contributed by atoms with van der Waals surface area (Å²) < 4.78 is 0. The second kappa shape index (κ2) is 12.6. The first-order chi connectivity index (χ1) is 20.2. The Hall–Kier alpha value is -4.50. The number of carbonyl (C=O) groups is 4. The van der Waals surface area contributed by atoms with Gasteiger partial charge in [-0.1, -0.05) is 66.7 Å². The summed E-state index contributed by atoms with van der Waals surface area (Å²) in [5, 5.41) is 6.00. The van der Waals surface area contributed by atoms with Gasteiger partial charge in [-0.15, -0.1) is 0 Å². The second-order valence-corrected chi connectivity index (χ2v) is 11.3. The SMILES string of the molecule is C[C@H](N)C(=O)N[C@@H](Cc1cccc(C(N)=O)c1)C(=O)N1C[C@@H](c2ccccc2)C[C@H]1C(=O)N[C@@H]1CCc2ccccc21. The van der Waals surface area contributed by atoms with Crippen LogP contribution in [0.5, 0.6) is 0 Å². The van der Waals surface area contributed by atoms with Crippen LogP contribution in [-0.2, 0) is 27.2 Å². The van der Waals surface area contributed by atoms with Crippen LogP contribution in [0, 0.1) is 0 Å². The molecule has 1 fully saturated rings. The van der Waals surface area contributed by atoms with E-state index < -0.39 is 29.9 Å². The number of primary amides is 1. The van der Waals surface area contributed by atoms with Gasteiger partial charge in [-0.3, -0.25) is 19.2 Å². The van der Waals surface area contributed by atoms with E-state index in [4.69, 9.17) is 11.5 Å². The van der Waals surface area contributed by atoms with Crippen molar-refractivity contribution in [3.63, 3.8) is 0 Å². The first-order valence-electron chi connectivity index (χ1n) is 14.4. The van der Waals surface area contributed by atoms with Crippen molar-refractivity contribution in [2.45, 2.75) is 62.7 Å². The topological polar surface area (TPSA) is 148 Å². The lowest BCUT2D eigenvalue weighted by molar-refractivity contribution is -0.141. The fourth-order valence-corrected chi connectivity index (χ4v) is 6.06. The third-order valence-corrected chi connectivity index (χ3v) is 8.29. The van der Waals surface area contributed by atoms with Crippen LogP contribution < -0.4 is 22.1 Å². The molecule has 2 aliphatic rings. The number of likely N-dealkylation sites (tertiary alicyclic amines) is 1. The summed E-state index contributed by atoms with van der Waals surface area (Å²) in [5.41, 5.74) is 15.6. The molecule has 1 aliphatic heterocycles. The van der Waals surface area contributed by atoms with Gasteiger partial charge in [-0.25, -0.2) is 0 Å². The number of carbonyl (C=O) groups excluding carboxylic acids is 4. The van der Waals surface area contributed by atoms with Gasteiger partial charge >= 0.3 is 0 Å². The maximum absolute atomic E-state index is 14.3. The van der Waals surface area contributed by atoms with Crippen LogP contribution in [0.15, 0.2) is 78.9 Å². The van der Waals surface area contributed by atoms with Gasteiger partial charge in [0.25, 0.3) is 0 Å². The van der Waals surface area contributed by atoms with E-state index in [0.717, 1.165) is 24.0 Å². The van der Waals surface area contributed by atoms with Crippen LogP contribution in [0.1, 0.15) is 64.3 Å². The van der Waals surface area contributed by atoms with Crippen LogP contribution in [0.25, 0.3) is 0 Å². The highest BCUT2D eigenvalue weighted by atomic mass is 16.2. The predicted molar refractivity (Wildman–Crippen MR) is 159 cm³/mol. The predicted octanol–water partition coefficient (Wildman–Crippen LogP) is 2.35. The lowest BCUT2D eigenvalue weighted by Gasteiger charge is -2.30. The molecular weight excluding hydrogens is 530 g/mol. The molecule has 218 valence electrons. The summed E-state index contributed by atoms with van der Waals surface area (Å²) in [7, 11) is 0. The fraction of sp³-hybridized carbons (Fsp3) is 0.333. The van der Waals surface area contributed by atoms with Crippen molar-refractivity contribution >= 4 is 23.6 Å². The Morgan fingerprint density at radius 1 is 0.976 bits per heavy atom. The number of fused-ring (bicyclic) bond motifs is 1. The van der Waals surface area contributed by atoms with Gasteiger partial charge in [0.2, 0.25) is 23.6 Å². The molecule has 3 aromatic rings. The van der Waals surface area contributed by atoms with E-state index in [1.165, 1.54) is 5.56 Å². The molecule has 4 amide bonds. The van der Waals surface area contributed by atoms with Crippen LogP contribution in [0.2, 0.25) is 0 Å². The smallest absolute Gasteiger partial charge is 0.248 e. The average Bonchev–Trinajstić information content (AvgIpc) is 3.62.